The SMILES string of the molecule is CC(OC(=O)C1CCCN1S(C)(=O)=O)C(=O)N1CC(=O)Nc2ccccc21. The number of para-hydroxylation sites is 2. The average Bonchev–Trinajstić information content (AvgIpc) is 3.10. The molecule has 3 rings (SSSR count). The summed E-state index contributed by atoms with van der Waals surface area (Å²) in [7, 11) is -3.54. The van der Waals surface area contributed by atoms with E-state index in [4.69, 9.17) is 4.74 Å². The van der Waals surface area contributed by atoms with E-state index in [1.54, 1.807) is 24.3 Å². The molecule has 2 heterocycles. The Morgan fingerprint density at radius 1 is 1.30 bits per heavy atom. The van der Waals surface area contributed by atoms with E-state index in [2.05, 4.69) is 5.32 Å². The Labute approximate surface area is 157 Å². The number of amides is 2. The highest BCUT2D eigenvalue weighted by Crippen LogP contribution is 2.30. The van der Waals surface area contributed by atoms with Gasteiger partial charge < -0.3 is 10.1 Å². The topological polar surface area (TPSA) is 113 Å². The predicted octanol–water partition coefficient (Wildman–Crippen LogP) is 0.327. The fraction of sp³-hybridized carbons (Fsp3) is 0.471. The van der Waals surface area contributed by atoms with Gasteiger partial charge in [-0.15, -0.1) is 0 Å². The molecule has 0 saturated carbocycles. The van der Waals surface area contributed by atoms with Crippen molar-refractivity contribution in [3.05, 3.63) is 24.3 Å². The highest BCUT2D eigenvalue weighted by atomic mass is 32.2. The predicted molar refractivity (Wildman–Crippen MR) is 97.6 cm³/mol. The summed E-state index contributed by atoms with van der Waals surface area (Å²) in [6.45, 7) is 1.48. The van der Waals surface area contributed by atoms with Gasteiger partial charge in [-0.25, -0.2) is 8.42 Å². The molecular weight excluding hydrogens is 374 g/mol. The van der Waals surface area contributed by atoms with Gasteiger partial charge in [0.1, 0.15) is 12.6 Å². The normalized spacial score (nSPS) is 21.3. The summed E-state index contributed by atoms with van der Waals surface area (Å²) in [5.74, 6) is -1.65. The third-order valence-corrected chi connectivity index (χ3v) is 5.87. The van der Waals surface area contributed by atoms with Crippen LogP contribution in [-0.4, -0.2) is 62.0 Å². The number of carbonyl (C=O) groups excluding carboxylic acids is 3. The fourth-order valence-electron chi connectivity index (χ4n) is 3.33. The zero-order chi connectivity index (χ0) is 19.8. The third-order valence-electron chi connectivity index (χ3n) is 4.58. The van der Waals surface area contributed by atoms with Crippen LogP contribution in [0.3, 0.4) is 0 Å². The summed E-state index contributed by atoms with van der Waals surface area (Å²) in [4.78, 5) is 38.3. The molecule has 27 heavy (non-hydrogen) atoms. The van der Waals surface area contributed by atoms with Crippen molar-refractivity contribution in [2.24, 2.45) is 0 Å². The van der Waals surface area contributed by atoms with E-state index in [0.717, 1.165) is 10.6 Å². The van der Waals surface area contributed by atoms with Gasteiger partial charge in [-0.05, 0) is 31.9 Å². The first-order valence-electron chi connectivity index (χ1n) is 8.56. The lowest BCUT2D eigenvalue weighted by molar-refractivity contribution is -0.157. The van der Waals surface area contributed by atoms with Gasteiger partial charge in [-0.2, -0.15) is 4.31 Å². The maximum atomic E-state index is 12.8. The van der Waals surface area contributed by atoms with Crippen LogP contribution in [0.15, 0.2) is 24.3 Å². The van der Waals surface area contributed by atoms with Gasteiger partial charge in [0.25, 0.3) is 5.91 Å². The molecular formula is C17H21N3O6S. The number of ether oxygens (including phenoxy) is 1. The van der Waals surface area contributed by atoms with Crippen LogP contribution in [0.25, 0.3) is 0 Å². The number of rotatable bonds is 4. The summed E-state index contributed by atoms with van der Waals surface area (Å²) in [5, 5.41) is 2.68. The van der Waals surface area contributed by atoms with Crippen molar-refractivity contribution in [2.75, 3.05) is 29.6 Å². The lowest BCUT2D eigenvalue weighted by Crippen LogP contribution is -2.48. The van der Waals surface area contributed by atoms with Gasteiger partial charge in [-0.1, -0.05) is 12.1 Å². The molecule has 2 aliphatic rings. The van der Waals surface area contributed by atoms with Gasteiger partial charge in [0, 0.05) is 6.54 Å². The second-order valence-electron chi connectivity index (χ2n) is 6.60. The smallest absolute Gasteiger partial charge is 0.325 e. The summed E-state index contributed by atoms with van der Waals surface area (Å²) >= 11 is 0. The van der Waals surface area contributed by atoms with Crippen molar-refractivity contribution >= 4 is 39.2 Å². The molecule has 9 nitrogen and oxygen atoms in total. The van der Waals surface area contributed by atoms with Crippen molar-refractivity contribution in [1.29, 1.82) is 0 Å². The summed E-state index contributed by atoms with van der Waals surface area (Å²) in [5.41, 5.74) is 1.02. The number of sulfonamides is 1. The van der Waals surface area contributed by atoms with Crippen LogP contribution in [0.4, 0.5) is 11.4 Å². The van der Waals surface area contributed by atoms with E-state index in [-0.39, 0.29) is 19.0 Å². The van der Waals surface area contributed by atoms with E-state index in [1.165, 1.54) is 11.8 Å². The molecule has 2 atom stereocenters. The van der Waals surface area contributed by atoms with Crippen LogP contribution >= 0.6 is 0 Å². The van der Waals surface area contributed by atoms with Crippen LogP contribution in [0, 0.1) is 0 Å². The Kier molecular flexibility index (Phi) is 5.20. The number of carbonyl (C=O) groups is 3. The molecule has 0 bridgehead atoms. The van der Waals surface area contributed by atoms with Gasteiger partial charge in [0.15, 0.2) is 6.10 Å². The highest BCUT2D eigenvalue weighted by molar-refractivity contribution is 7.88. The Hall–Kier alpha value is -2.46. The van der Waals surface area contributed by atoms with E-state index in [0.29, 0.717) is 24.2 Å². The molecule has 1 saturated heterocycles. The Morgan fingerprint density at radius 2 is 2.00 bits per heavy atom. The lowest BCUT2D eigenvalue weighted by Gasteiger charge is -2.31. The maximum absolute atomic E-state index is 12.8. The van der Waals surface area contributed by atoms with E-state index >= 15 is 0 Å². The van der Waals surface area contributed by atoms with Gasteiger partial charge >= 0.3 is 5.97 Å². The zero-order valence-electron chi connectivity index (χ0n) is 15.0. The van der Waals surface area contributed by atoms with Crippen molar-refractivity contribution < 1.29 is 27.5 Å². The van der Waals surface area contributed by atoms with Crippen molar-refractivity contribution in [3.63, 3.8) is 0 Å². The largest absolute Gasteiger partial charge is 0.451 e. The van der Waals surface area contributed by atoms with E-state index < -0.39 is 34.0 Å². The van der Waals surface area contributed by atoms with Crippen LogP contribution in [-0.2, 0) is 29.1 Å². The third kappa shape index (κ3) is 3.96. The Balaban J connectivity index is 1.73. The van der Waals surface area contributed by atoms with Crippen molar-refractivity contribution in [3.8, 4) is 0 Å². The average molecular weight is 395 g/mol. The number of hydrogen-bond donors (Lipinski definition) is 1. The minimum absolute atomic E-state index is 0.184. The minimum Gasteiger partial charge on any atom is -0.451 e. The van der Waals surface area contributed by atoms with Crippen LogP contribution in [0.5, 0.6) is 0 Å². The second kappa shape index (κ2) is 7.28. The first-order chi connectivity index (χ1) is 12.7. The van der Waals surface area contributed by atoms with Crippen molar-refractivity contribution in [1.82, 2.24) is 4.31 Å². The van der Waals surface area contributed by atoms with Gasteiger partial charge in [0.2, 0.25) is 15.9 Å². The number of nitrogens with zero attached hydrogens (tertiary/aromatic N) is 2. The molecule has 0 aliphatic carbocycles. The first-order valence-corrected chi connectivity index (χ1v) is 10.4. The lowest BCUT2D eigenvalue weighted by atomic mass is 10.1. The molecule has 2 amide bonds. The molecule has 0 aromatic heterocycles. The molecule has 2 unspecified atom stereocenters. The summed E-state index contributed by atoms with van der Waals surface area (Å²) in [6, 6.07) is 5.90. The minimum atomic E-state index is -3.54. The van der Waals surface area contributed by atoms with Crippen LogP contribution in [0.1, 0.15) is 19.8 Å². The molecule has 0 radical (unpaired) electrons. The number of esters is 1. The number of hydrogen-bond acceptors (Lipinski definition) is 6. The van der Waals surface area contributed by atoms with Crippen LogP contribution < -0.4 is 10.2 Å². The molecule has 1 aromatic rings. The standard InChI is InChI=1S/C17H21N3O6S/c1-11(26-17(23)14-8-5-9-20(14)27(2,24)25)16(22)19-10-15(21)18-12-6-3-4-7-13(12)19/h3-4,6-7,11,14H,5,8-10H2,1-2H3,(H,18,21). The van der Waals surface area contributed by atoms with Gasteiger partial charge in [0.05, 0.1) is 17.6 Å². The maximum Gasteiger partial charge on any atom is 0.325 e. The van der Waals surface area contributed by atoms with E-state index in [9.17, 15) is 22.8 Å². The number of fused-ring (bicyclic) bond motifs is 1. The van der Waals surface area contributed by atoms with Crippen molar-refractivity contribution in [2.45, 2.75) is 31.9 Å². The van der Waals surface area contributed by atoms with E-state index in [1.807, 2.05) is 0 Å². The number of nitrogens with one attached hydrogen (secondary N) is 1. The molecule has 1 fully saturated rings. The molecule has 146 valence electrons. The first kappa shape index (κ1) is 19.3. The zero-order valence-corrected chi connectivity index (χ0v) is 15.9. The molecule has 0 spiro atoms. The van der Waals surface area contributed by atoms with Gasteiger partial charge in [-0.3, -0.25) is 19.3 Å². The quantitative estimate of drug-likeness (QED) is 0.735. The molecule has 1 N–H and O–H groups in total. The fourth-order valence-corrected chi connectivity index (χ4v) is 4.44. The Morgan fingerprint density at radius 3 is 2.70 bits per heavy atom. The summed E-state index contributed by atoms with van der Waals surface area (Å²) < 4.78 is 29.9. The number of benzene rings is 1. The second-order valence-corrected chi connectivity index (χ2v) is 8.54. The number of anilines is 2. The molecule has 2 aliphatic heterocycles. The summed E-state index contributed by atoms with van der Waals surface area (Å²) in [6.07, 6.45) is 0.783. The molecule has 10 heteroatoms. The monoisotopic (exact) mass is 395 g/mol. The Bertz CT molecular complexity index is 884. The molecule has 1 aromatic carbocycles. The van der Waals surface area contributed by atoms with Crippen LogP contribution in [0.2, 0.25) is 0 Å². The highest BCUT2D eigenvalue weighted by Gasteiger charge is 2.39.